The predicted octanol–water partition coefficient (Wildman–Crippen LogP) is 1.67. The fraction of sp³-hybridized carbons (Fsp3) is 0.909. The number of aliphatic hydroxyl groups excluding tert-OH is 1. The molecule has 0 aromatic carbocycles. The summed E-state index contributed by atoms with van der Waals surface area (Å²) in [5.41, 5.74) is -2.77. The number of amides is 1. The predicted molar refractivity (Wildman–Crippen MR) is 58.2 cm³/mol. The minimum atomic E-state index is -2.07. The van der Waals surface area contributed by atoms with Crippen LogP contribution in [0.5, 0.6) is 0 Å². The summed E-state index contributed by atoms with van der Waals surface area (Å²) in [5, 5.41) is 9.07. The minimum absolute atomic E-state index is 0.195. The van der Waals surface area contributed by atoms with E-state index in [-0.39, 0.29) is 13.0 Å². The first-order chi connectivity index (χ1) is 7.71. The summed E-state index contributed by atoms with van der Waals surface area (Å²) in [7, 11) is 0. The highest BCUT2D eigenvalue weighted by molar-refractivity contribution is 5.69. The Balaban J connectivity index is 2.73. The number of hydrogen-bond acceptors (Lipinski definition) is 3. The van der Waals surface area contributed by atoms with E-state index in [1.54, 1.807) is 20.8 Å². The molecule has 0 spiro atoms. The van der Waals surface area contributed by atoms with Crippen molar-refractivity contribution in [3.05, 3.63) is 0 Å². The van der Waals surface area contributed by atoms with Crippen molar-refractivity contribution < 1.29 is 23.4 Å². The van der Waals surface area contributed by atoms with Crippen LogP contribution in [0.25, 0.3) is 0 Å². The van der Waals surface area contributed by atoms with E-state index in [1.807, 2.05) is 0 Å². The van der Waals surface area contributed by atoms with Gasteiger partial charge in [-0.15, -0.1) is 0 Å². The quantitative estimate of drug-likeness (QED) is 0.812. The standard InChI is InChI=1S/C11H19F2NO3/c1-10(2,3)17-9(16)14-7-11(13,6-12)4-8(14)5-15/h8,15H,4-7H2,1-3H3/t8-,11?/m0/s1. The molecule has 1 unspecified atom stereocenters. The molecule has 0 radical (unpaired) electrons. The topological polar surface area (TPSA) is 49.8 Å². The molecule has 1 N–H and O–H groups in total. The number of hydrogen-bond donors (Lipinski definition) is 1. The molecule has 0 aliphatic carbocycles. The summed E-state index contributed by atoms with van der Waals surface area (Å²) in [4.78, 5) is 12.8. The maximum Gasteiger partial charge on any atom is 0.410 e. The van der Waals surface area contributed by atoms with Crippen molar-refractivity contribution in [3.8, 4) is 0 Å². The van der Waals surface area contributed by atoms with E-state index in [0.29, 0.717) is 0 Å². The Morgan fingerprint density at radius 3 is 2.59 bits per heavy atom. The molecular weight excluding hydrogens is 232 g/mol. The van der Waals surface area contributed by atoms with E-state index >= 15 is 0 Å². The first-order valence-corrected chi connectivity index (χ1v) is 5.56. The van der Waals surface area contributed by atoms with Crippen LogP contribution < -0.4 is 0 Å². The lowest BCUT2D eigenvalue weighted by Crippen LogP contribution is -2.42. The molecule has 1 aliphatic heterocycles. The van der Waals surface area contributed by atoms with Crippen LogP contribution in [-0.4, -0.2) is 53.2 Å². The Morgan fingerprint density at radius 1 is 1.59 bits per heavy atom. The number of halogens is 2. The van der Waals surface area contributed by atoms with Crippen molar-refractivity contribution in [1.82, 2.24) is 4.90 Å². The number of likely N-dealkylation sites (tertiary alicyclic amines) is 1. The van der Waals surface area contributed by atoms with Crippen molar-refractivity contribution in [2.24, 2.45) is 0 Å². The zero-order valence-electron chi connectivity index (χ0n) is 10.4. The number of ether oxygens (including phenoxy) is 1. The normalized spacial score (nSPS) is 29.5. The fourth-order valence-electron chi connectivity index (χ4n) is 1.83. The molecule has 2 atom stereocenters. The Labute approximate surface area is 99.5 Å². The molecule has 1 fully saturated rings. The van der Waals surface area contributed by atoms with Crippen LogP contribution in [0, 0.1) is 0 Å². The number of alkyl halides is 2. The molecule has 0 aromatic rings. The van der Waals surface area contributed by atoms with Crippen LogP contribution in [0.2, 0.25) is 0 Å². The molecule has 17 heavy (non-hydrogen) atoms. The summed E-state index contributed by atoms with van der Waals surface area (Å²) < 4.78 is 31.4. The molecule has 0 saturated carbocycles. The average Bonchev–Trinajstić information content (AvgIpc) is 2.54. The monoisotopic (exact) mass is 251 g/mol. The van der Waals surface area contributed by atoms with Crippen molar-refractivity contribution in [2.45, 2.75) is 44.5 Å². The SMILES string of the molecule is CC(C)(C)OC(=O)N1CC(F)(CF)C[C@H]1CO. The summed E-state index contributed by atoms with van der Waals surface area (Å²) in [6.45, 7) is 3.13. The first-order valence-electron chi connectivity index (χ1n) is 5.56. The van der Waals surface area contributed by atoms with Crippen LogP contribution in [0.1, 0.15) is 27.2 Å². The van der Waals surface area contributed by atoms with Gasteiger partial charge in [0.05, 0.1) is 19.2 Å². The van der Waals surface area contributed by atoms with Crippen molar-refractivity contribution in [2.75, 3.05) is 19.8 Å². The lowest BCUT2D eigenvalue weighted by molar-refractivity contribution is 0.0151. The highest BCUT2D eigenvalue weighted by atomic mass is 19.2. The minimum Gasteiger partial charge on any atom is -0.444 e. The van der Waals surface area contributed by atoms with Gasteiger partial charge in [0.15, 0.2) is 5.67 Å². The highest BCUT2D eigenvalue weighted by Gasteiger charge is 2.47. The number of nitrogens with zero attached hydrogens (tertiary/aromatic N) is 1. The molecular formula is C11H19F2NO3. The third-order valence-electron chi connectivity index (χ3n) is 2.57. The summed E-state index contributed by atoms with van der Waals surface area (Å²) in [6, 6.07) is -0.717. The van der Waals surface area contributed by atoms with Crippen molar-refractivity contribution >= 4 is 6.09 Å². The molecule has 1 heterocycles. The van der Waals surface area contributed by atoms with Crippen LogP contribution in [0.15, 0.2) is 0 Å². The van der Waals surface area contributed by atoms with Gasteiger partial charge in [0.2, 0.25) is 0 Å². The molecule has 1 aliphatic rings. The van der Waals surface area contributed by atoms with E-state index in [0.717, 1.165) is 4.90 Å². The van der Waals surface area contributed by atoms with E-state index in [2.05, 4.69) is 0 Å². The number of carbonyl (C=O) groups excluding carboxylic acids is 1. The molecule has 1 saturated heterocycles. The summed E-state index contributed by atoms with van der Waals surface area (Å²) in [5.74, 6) is 0. The largest absolute Gasteiger partial charge is 0.444 e. The molecule has 1 amide bonds. The summed E-state index contributed by atoms with van der Waals surface area (Å²) >= 11 is 0. The smallest absolute Gasteiger partial charge is 0.410 e. The van der Waals surface area contributed by atoms with Gasteiger partial charge < -0.3 is 9.84 Å². The van der Waals surface area contributed by atoms with Crippen LogP contribution in [-0.2, 0) is 4.74 Å². The third kappa shape index (κ3) is 3.52. The Morgan fingerprint density at radius 2 is 2.18 bits per heavy atom. The van der Waals surface area contributed by atoms with Gasteiger partial charge in [-0.3, -0.25) is 4.90 Å². The van der Waals surface area contributed by atoms with Gasteiger partial charge in [-0.25, -0.2) is 13.6 Å². The lowest BCUT2D eigenvalue weighted by Gasteiger charge is -2.27. The fourth-order valence-corrected chi connectivity index (χ4v) is 1.83. The molecule has 1 rings (SSSR count). The average molecular weight is 251 g/mol. The maximum absolute atomic E-state index is 13.8. The Kier molecular flexibility index (Phi) is 3.96. The van der Waals surface area contributed by atoms with E-state index in [9.17, 15) is 13.6 Å². The zero-order chi connectivity index (χ0) is 13.3. The van der Waals surface area contributed by atoms with E-state index in [4.69, 9.17) is 9.84 Å². The maximum atomic E-state index is 13.8. The highest BCUT2D eigenvalue weighted by Crippen LogP contribution is 2.32. The molecule has 0 aromatic heterocycles. The van der Waals surface area contributed by atoms with Gasteiger partial charge in [0.1, 0.15) is 12.3 Å². The van der Waals surface area contributed by atoms with Gasteiger partial charge in [0.25, 0.3) is 0 Å². The van der Waals surface area contributed by atoms with Crippen LogP contribution in [0.3, 0.4) is 0 Å². The van der Waals surface area contributed by atoms with Gasteiger partial charge in [0, 0.05) is 6.42 Å². The zero-order valence-corrected chi connectivity index (χ0v) is 10.4. The number of carbonyl (C=O) groups is 1. The Hall–Kier alpha value is -0.910. The number of rotatable bonds is 2. The van der Waals surface area contributed by atoms with E-state index < -0.39 is 36.7 Å². The van der Waals surface area contributed by atoms with Gasteiger partial charge in [-0.1, -0.05) is 0 Å². The van der Waals surface area contributed by atoms with Crippen LogP contribution in [0.4, 0.5) is 13.6 Å². The molecule has 100 valence electrons. The summed E-state index contributed by atoms with van der Waals surface area (Å²) in [6.07, 6.45) is -0.913. The molecule has 0 bridgehead atoms. The number of aliphatic hydroxyl groups is 1. The second-order valence-electron chi connectivity index (χ2n) is 5.43. The first kappa shape index (κ1) is 14.2. The second kappa shape index (κ2) is 4.76. The third-order valence-corrected chi connectivity index (χ3v) is 2.57. The molecule has 4 nitrogen and oxygen atoms in total. The van der Waals surface area contributed by atoms with Crippen LogP contribution >= 0.6 is 0 Å². The van der Waals surface area contributed by atoms with Gasteiger partial charge in [-0.2, -0.15) is 0 Å². The van der Waals surface area contributed by atoms with Gasteiger partial charge in [-0.05, 0) is 20.8 Å². The van der Waals surface area contributed by atoms with Crippen molar-refractivity contribution in [3.63, 3.8) is 0 Å². The second-order valence-corrected chi connectivity index (χ2v) is 5.43. The van der Waals surface area contributed by atoms with Gasteiger partial charge >= 0.3 is 6.09 Å². The van der Waals surface area contributed by atoms with E-state index in [1.165, 1.54) is 0 Å². The Bertz CT molecular complexity index is 293. The molecule has 6 heteroatoms. The van der Waals surface area contributed by atoms with Crippen molar-refractivity contribution in [1.29, 1.82) is 0 Å². The lowest BCUT2D eigenvalue weighted by atomic mass is 10.0.